The highest BCUT2D eigenvalue weighted by molar-refractivity contribution is 5.79. The summed E-state index contributed by atoms with van der Waals surface area (Å²) in [6, 6.07) is 27.1. The van der Waals surface area contributed by atoms with E-state index in [1.54, 1.807) is 0 Å². The zero-order valence-corrected chi connectivity index (χ0v) is 21.1. The number of morpholine rings is 1. The lowest BCUT2D eigenvalue weighted by Crippen LogP contribution is -2.56. The van der Waals surface area contributed by atoms with Crippen LogP contribution in [0.2, 0.25) is 0 Å². The van der Waals surface area contributed by atoms with Gasteiger partial charge in [0.05, 0.1) is 31.9 Å². The van der Waals surface area contributed by atoms with Crippen molar-refractivity contribution in [2.24, 2.45) is 0 Å². The number of fused-ring (bicyclic) bond motifs is 5. The van der Waals surface area contributed by atoms with Crippen molar-refractivity contribution < 1.29 is 19.0 Å². The highest BCUT2D eigenvalue weighted by Crippen LogP contribution is 2.44. The van der Waals surface area contributed by atoms with E-state index in [4.69, 9.17) is 14.2 Å². The summed E-state index contributed by atoms with van der Waals surface area (Å²) < 4.78 is 17.7. The number of amides is 1. The van der Waals surface area contributed by atoms with Crippen LogP contribution in [0.15, 0.2) is 90.5 Å². The van der Waals surface area contributed by atoms with E-state index in [0.29, 0.717) is 26.4 Å². The fraction of sp³-hybridized carbons (Fsp3) is 0.344. The molecular weight excluding hydrogens is 462 g/mol. The van der Waals surface area contributed by atoms with Crippen LogP contribution in [0.3, 0.4) is 0 Å². The molecule has 2 bridgehead atoms. The molecule has 1 saturated heterocycles. The molecule has 2 heterocycles. The van der Waals surface area contributed by atoms with Crippen molar-refractivity contribution in [2.45, 2.75) is 43.9 Å². The molecule has 190 valence electrons. The van der Waals surface area contributed by atoms with Gasteiger partial charge in [0.15, 0.2) is 0 Å². The Morgan fingerprint density at radius 3 is 2.32 bits per heavy atom. The predicted octanol–water partition coefficient (Wildman–Crippen LogP) is 6.33. The van der Waals surface area contributed by atoms with Gasteiger partial charge in [0.25, 0.3) is 0 Å². The summed E-state index contributed by atoms with van der Waals surface area (Å²) in [6.07, 6.45) is 4.78. The SMILES string of the molecule is O=C(OCC1c2ccccc2-c2ccccc21)N1C2C=C(CCCOCc3ccccc3)CC1COC2. The van der Waals surface area contributed by atoms with Crippen molar-refractivity contribution in [3.63, 3.8) is 0 Å². The molecule has 3 aromatic rings. The molecular formula is C32H33NO4. The number of carbonyl (C=O) groups excluding carboxylic acids is 1. The quantitative estimate of drug-likeness (QED) is 0.271. The molecule has 1 aliphatic carbocycles. The van der Waals surface area contributed by atoms with Gasteiger partial charge in [-0.05, 0) is 47.1 Å². The molecule has 0 saturated carbocycles. The predicted molar refractivity (Wildman–Crippen MR) is 143 cm³/mol. The molecule has 0 spiro atoms. The van der Waals surface area contributed by atoms with Crippen LogP contribution in [-0.2, 0) is 20.8 Å². The number of nitrogens with zero attached hydrogens (tertiary/aromatic N) is 1. The number of benzene rings is 3. The second-order valence-electron chi connectivity index (χ2n) is 10.1. The lowest BCUT2D eigenvalue weighted by molar-refractivity contribution is -0.0366. The molecule has 2 aliphatic heterocycles. The minimum absolute atomic E-state index is 0.0274. The summed E-state index contributed by atoms with van der Waals surface area (Å²) in [6.45, 7) is 2.80. The molecule has 5 nitrogen and oxygen atoms in total. The lowest BCUT2D eigenvalue weighted by Gasteiger charge is -2.44. The molecule has 2 unspecified atom stereocenters. The first-order chi connectivity index (χ1) is 18.3. The van der Waals surface area contributed by atoms with E-state index in [2.05, 4.69) is 66.7 Å². The van der Waals surface area contributed by atoms with Crippen LogP contribution in [0.4, 0.5) is 4.79 Å². The van der Waals surface area contributed by atoms with Crippen LogP contribution < -0.4 is 0 Å². The number of hydrogen-bond donors (Lipinski definition) is 0. The van der Waals surface area contributed by atoms with Crippen molar-refractivity contribution in [1.82, 2.24) is 4.90 Å². The zero-order chi connectivity index (χ0) is 25.0. The molecule has 1 fully saturated rings. The maximum Gasteiger partial charge on any atom is 0.410 e. The summed E-state index contributed by atoms with van der Waals surface area (Å²) in [5.41, 5.74) is 7.53. The second kappa shape index (κ2) is 10.9. The second-order valence-corrected chi connectivity index (χ2v) is 10.1. The van der Waals surface area contributed by atoms with Crippen molar-refractivity contribution in [2.75, 3.05) is 26.4 Å². The van der Waals surface area contributed by atoms with Crippen LogP contribution in [0.5, 0.6) is 0 Å². The van der Waals surface area contributed by atoms with Gasteiger partial charge >= 0.3 is 6.09 Å². The van der Waals surface area contributed by atoms with Gasteiger partial charge in [0.2, 0.25) is 0 Å². The molecule has 2 atom stereocenters. The van der Waals surface area contributed by atoms with Gasteiger partial charge in [0.1, 0.15) is 6.61 Å². The highest BCUT2D eigenvalue weighted by Gasteiger charge is 2.39. The number of rotatable bonds is 8. The highest BCUT2D eigenvalue weighted by atomic mass is 16.6. The molecule has 37 heavy (non-hydrogen) atoms. The van der Waals surface area contributed by atoms with Crippen molar-refractivity contribution in [3.8, 4) is 11.1 Å². The lowest BCUT2D eigenvalue weighted by atomic mass is 9.92. The number of carbonyl (C=O) groups is 1. The monoisotopic (exact) mass is 495 g/mol. The van der Waals surface area contributed by atoms with E-state index >= 15 is 0 Å². The maximum atomic E-state index is 13.3. The molecule has 1 amide bonds. The van der Waals surface area contributed by atoms with E-state index in [1.807, 2.05) is 23.1 Å². The van der Waals surface area contributed by atoms with Crippen LogP contribution >= 0.6 is 0 Å². The van der Waals surface area contributed by atoms with Gasteiger partial charge in [-0.1, -0.05) is 90.5 Å². The van der Waals surface area contributed by atoms with E-state index < -0.39 is 0 Å². The third-order valence-electron chi connectivity index (χ3n) is 7.72. The summed E-state index contributed by atoms with van der Waals surface area (Å²) in [7, 11) is 0. The van der Waals surface area contributed by atoms with Crippen molar-refractivity contribution in [1.29, 1.82) is 0 Å². The summed E-state index contributed by atoms with van der Waals surface area (Å²) in [4.78, 5) is 15.2. The van der Waals surface area contributed by atoms with Gasteiger partial charge in [-0.15, -0.1) is 0 Å². The Hall–Kier alpha value is -3.41. The van der Waals surface area contributed by atoms with Crippen molar-refractivity contribution >= 4 is 6.09 Å². The van der Waals surface area contributed by atoms with Gasteiger partial charge in [0, 0.05) is 12.5 Å². The Kier molecular flexibility index (Phi) is 7.07. The average Bonchev–Trinajstić information content (AvgIpc) is 3.25. The first kappa shape index (κ1) is 24.0. The zero-order valence-electron chi connectivity index (χ0n) is 21.1. The normalized spacial score (nSPS) is 20.2. The van der Waals surface area contributed by atoms with Gasteiger partial charge in [-0.2, -0.15) is 0 Å². The van der Waals surface area contributed by atoms with Crippen LogP contribution in [0, 0.1) is 0 Å². The van der Waals surface area contributed by atoms with E-state index in [9.17, 15) is 4.79 Å². The minimum Gasteiger partial charge on any atom is -0.448 e. The van der Waals surface area contributed by atoms with Gasteiger partial charge in [-0.25, -0.2) is 4.79 Å². The molecule has 5 heteroatoms. The number of hydrogen-bond acceptors (Lipinski definition) is 4. The summed E-state index contributed by atoms with van der Waals surface area (Å²) in [5.74, 6) is 0.0687. The Bertz CT molecular complexity index is 1230. The minimum atomic E-state index is -0.235. The third kappa shape index (κ3) is 5.07. The molecule has 0 aromatic heterocycles. The fourth-order valence-electron chi connectivity index (χ4n) is 5.99. The smallest absolute Gasteiger partial charge is 0.410 e. The standard InChI is InChI=1S/C32H33NO4/c34-32(37-22-31-29-14-6-4-12-27(29)28-13-5-7-15-30(28)31)33-25-17-24(18-26(33)21-36-20-25)11-8-16-35-19-23-9-2-1-3-10-23/h1-7,9-10,12-15,17,25-26,31H,8,11,16,18-22H2. The van der Waals surface area contributed by atoms with E-state index in [0.717, 1.165) is 25.9 Å². The largest absolute Gasteiger partial charge is 0.448 e. The van der Waals surface area contributed by atoms with E-state index in [1.165, 1.54) is 33.4 Å². The van der Waals surface area contributed by atoms with Gasteiger partial charge < -0.3 is 14.2 Å². The fourth-order valence-corrected chi connectivity index (χ4v) is 5.99. The third-order valence-corrected chi connectivity index (χ3v) is 7.72. The first-order valence-electron chi connectivity index (χ1n) is 13.3. The maximum absolute atomic E-state index is 13.3. The Morgan fingerprint density at radius 2 is 1.59 bits per heavy atom. The van der Waals surface area contributed by atoms with Gasteiger partial charge in [-0.3, -0.25) is 4.90 Å². The van der Waals surface area contributed by atoms with Crippen molar-refractivity contribution in [3.05, 3.63) is 107 Å². The topological polar surface area (TPSA) is 48.0 Å². The first-order valence-corrected chi connectivity index (χ1v) is 13.3. The summed E-state index contributed by atoms with van der Waals surface area (Å²) >= 11 is 0. The van der Waals surface area contributed by atoms with Crippen LogP contribution in [0.25, 0.3) is 11.1 Å². The average molecular weight is 496 g/mol. The Morgan fingerprint density at radius 1 is 0.892 bits per heavy atom. The van der Waals surface area contributed by atoms with E-state index in [-0.39, 0.29) is 24.1 Å². The molecule has 0 radical (unpaired) electrons. The van der Waals surface area contributed by atoms with Crippen LogP contribution in [-0.4, -0.2) is 49.5 Å². The molecule has 3 aromatic carbocycles. The Balaban J connectivity index is 1.05. The molecule has 3 aliphatic rings. The number of ether oxygens (including phenoxy) is 3. The molecule has 6 rings (SSSR count). The summed E-state index contributed by atoms with van der Waals surface area (Å²) in [5, 5.41) is 0. The molecule has 0 N–H and O–H groups in total. The van der Waals surface area contributed by atoms with Crippen LogP contribution in [0.1, 0.15) is 41.9 Å². The Labute approximate surface area is 218 Å².